The van der Waals surface area contributed by atoms with E-state index in [1.54, 1.807) is 29.0 Å². The standard InChI is InChI=1S/C18H17FN4O2/c1-2-12-8-23(9-13-5-3-4-6-15(13)19)10-14(12)16(24)7-17(25)18-20-11-21-22-18/h3-8,10-11,24H,2,9H2,1H3,(H,20,21,22). The van der Waals surface area contributed by atoms with Gasteiger partial charge in [-0.1, -0.05) is 25.1 Å². The Morgan fingerprint density at radius 3 is 2.80 bits per heavy atom. The van der Waals surface area contributed by atoms with Crippen LogP contribution in [-0.2, 0) is 13.0 Å². The molecule has 7 heteroatoms. The number of aromatic amines is 1. The van der Waals surface area contributed by atoms with E-state index in [0.29, 0.717) is 24.1 Å². The first-order valence-electron chi connectivity index (χ1n) is 7.81. The van der Waals surface area contributed by atoms with Crippen molar-refractivity contribution in [1.82, 2.24) is 19.7 Å². The second-order valence-corrected chi connectivity index (χ2v) is 5.54. The Labute approximate surface area is 143 Å². The zero-order chi connectivity index (χ0) is 17.8. The number of aliphatic hydroxyl groups is 1. The van der Waals surface area contributed by atoms with Gasteiger partial charge >= 0.3 is 0 Å². The first-order valence-corrected chi connectivity index (χ1v) is 7.81. The van der Waals surface area contributed by atoms with Crippen molar-refractivity contribution in [2.24, 2.45) is 0 Å². The van der Waals surface area contributed by atoms with E-state index in [0.717, 1.165) is 11.6 Å². The van der Waals surface area contributed by atoms with Gasteiger partial charge in [0.25, 0.3) is 0 Å². The number of benzene rings is 1. The zero-order valence-electron chi connectivity index (χ0n) is 13.6. The maximum atomic E-state index is 13.8. The van der Waals surface area contributed by atoms with Gasteiger partial charge in [0.2, 0.25) is 5.78 Å². The minimum Gasteiger partial charge on any atom is -0.507 e. The van der Waals surface area contributed by atoms with Gasteiger partial charge in [0.05, 0.1) is 0 Å². The summed E-state index contributed by atoms with van der Waals surface area (Å²) in [4.78, 5) is 15.8. The van der Waals surface area contributed by atoms with E-state index < -0.39 is 5.78 Å². The number of aromatic nitrogens is 4. The third kappa shape index (κ3) is 3.65. The summed E-state index contributed by atoms with van der Waals surface area (Å²) in [6.45, 7) is 2.28. The second kappa shape index (κ2) is 7.12. The highest BCUT2D eigenvalue weighted by Gasteiger charge is 2.14. The molecular formula is C18H17FN4O2. The van der Waals surface area contributed by atoms with Crippen LogP contribution in [0.3, 0.4) is 0 Å². The third-order valence-corrected chi connectivity index (χ3v) is 3.85. The van der Waals surface area contributed by atoms with Crippen LogP contribution in [0, 0.1) is 5.82 Å². The number of carbonyl (C=O) groups is 1. The molecule has 25 heavy (non-hydrogen) atoms. The van der Waals surface area contributed by atoms with Crippen LogP contribution in [0.4, 0.5) is 4.39 Å². The molecule has 128 valence electrons. The molecule has 0 bridgehead atoms. The Bertz CT molecular complexity index is 913. The fourth-order valence-corrected chi connectivity index (χ4v) is 2.58. The molecule has 0 radical (unpaired) electrons. The molecule has 0 saturated carbocycles. The summed E-state index contributed by atoms with van der Waals surface area (Å²) in [5, 5.41) is 16.4. The fraction of sp³-hybridized carbons (Fsp3) is 0.167. The Morgan fingerprint density at radius 1 is 1.32 bits per heavy atom. The lowest BCUT2D eigenvalue weighted by atomic mass is 10.1. The molecule has 0 spiro atoms. The predicted octanol–water partition coefficient (Wildman–Crippen LogP) is 3.14. The molecule has 0 aliphatic heterocycles. The van der Waals surface area contributed by atoms with Gasteiger partial charge in [-0.2, -0.15) is 5.10 Å². The van der Waals surface area contributed by atoms with Crippen molar-refractivity contribution in [3.8, 4) is 0 Å². The lowest BCUT2D eigenvalue weighted by molar-refractivity contribution is 0.103. The van der Waals surface area contributed by atoms with Gasteiger partial charge < -0.3 is 9.67 Å². The summed E-state index contributed by atoms with van der Waals surface area (Å²) in [5.74, 6) is -0.865. The topological polar surface area (TPSA) is 83.8 Å². The SMILES string of the molecule is CCc1cn(Cc2ccccc2F)cc1C(O)=CC(=O)c1ncn[nH]1. The van der Waals surface area contributed by atoms with Crippen LogP contribution in [0.1, 0.15) is 34.2 Å². The quantitative estimate of drug-likeness (QED) is 0.410. The van der Waals surface area contributed by atoms with Crippen LogP contribution < -0.4 is 0 Å². The lowest BCUT2D eigenvalue weighted by Crippen LogP contribution is -2.00. The number of allylic oxidation sites excluding steroid dienone is 1. The number of H-pyrrole nitrogens is 1. The fourth-order valence-electron chi connectivity index (χ4n) is 2.58. The molecule has 0 saturated heterocycles. The predicted molar refractivity (Wildman–Crippen MR) is 90.6 cm³/mol. The number of nitrogens with one attached hydrogen (secondary N) is 1. The number of hydrogen-bond acceptors (Lipinski definition) is 4. The van der Waals surface area contributed by atoms with E-state index in [9.17, 15) is 14.3 Å². The van der Waals surface area contributed by atoms with Crippen molar-refractivity contribution in [2.45, 2.75) is 19.9 Å². The second-order valence-electron chi connectivity index (χ2n) is 5.54. The maximum absolute atomic E-state index is 13.8. The molecule has 0 aliphatic rings. The van der Waals surface area contributed by atoms with E-state index in [-0.39, 0.29) is 17.4 Å². The first kappa shape index (κ1) is 16.6. The molecule has 2 aromatic heterocycles. The third-order valence-electron chi connectivity index (χ3n) is 3.85. The molecule has 0 unspecified atom stereocenters. The molecule has 6 nitrogen and oxygen atoms in total. The first-order chi connectivity index (χ1) is 12.1. The molecule has 1 aromatic carbocycles. The molecular weight excluding hydrogens is 323 g/mol. The van der Waals surface area contributed by atoms with Crippen molar-refractivity contribution < 1.29 is 14.3 Å². The smallest absolute Gasteiger partial charge is 0.226 e. The van der Waals surface area contributed by atoms with E-state index >= 15 is 0 Å². The number of aliphatic hydroxyl groups excluding tert-OH is 1. The highest BCUT2D eigenvalue weighted by Crippen LogP contribution is 2.21. The molecule has 2 N–H and O–H groups in total. The molecule has 3 rings (SSSR count). The molecule has 0 fully saturated rings. The molecule has 0 atom stereocenters. The summed E-state index contributed by atoms with van der Waals surface area (Å²) in [5.41, 5.74) is 1.94. The van der Waals surface area contributed by atoms with E-state index in [1.807, 2.05) is 13.1 Å². The van der Waals surface area contributed by atoms with Crippen LogP contribution in [0.25, 0.3) is 5.76 Å². The van der Waals surface area contributed by atoms with Crippen LogP contribution in [0.5, 0.6) is 0 Å². The molecule has 0 amide bonds. The highest BCUT2D eigenvalue weighted by atomic mass is 19.1. The van der Waals surface area contributed by atoms with Crippen LogP contribution in [0.2, 0.25) is 0 Å². The van der Waals surface area contributed by atoms with Gasteiger partial charge in [0, 0.05) is 36.1 Å². The summed E-state index contributed by atoms with van der Waals surface area (Å²) in [6, 6.07) is 6.54. The van der Waals surface area contributed by atoms with Gasteiger partial charge in [-0.3, -0.25) is 9.89 Å². The van der Waals surface area contributed by atoms with Crippen LogP contribution in [-0.4, -0.2) is 30.6 Å². The Kier molecular flexibility index (Phi) is 4.74. The van der Waals surface area contributed by atoms with E-state index in [2.05, 4.69) is 15.2 Å². The van der Waals surface area contributed by atoms with Crippen LogP contribution in [0.15, 0.2) is 49.1 Å². The Morgan fingerprint density at radius 2 is 2.12 bits per heavy atom. The number of hydrogen-bond donors (Lipinski definition) is 2. The maximum Gasteiger partial charge on any atom is 0.226 e. The number of rotatable bonds is 6. The molecule has 3 aromatic rings. The van der Waals surface area contributed by atoms with Crippen LogP contribution >= 0.6 is 0 Å². The largest absolute Gasteiger partial charge is 0.507 e. The van der Waals surface area contributed by atoms with Crippen molar-refractivity contribution in [1.29, 1.82) is 0 Å². The number of nitrogens with zero attached hydrogens (tertiary/aromatic N) is 3. The van der Waals surface area contributed by atoms with E-state index in [1.165, 1.54) is 12.4 Å². The molecule has 0 aliphatic carbocycles. The highest BCUT2D eigenvalue weighted by molar-refractivity contribution is 6.05. The lowest BCUT2D eigenvalue weighted by Gasteiger charge is -2.04. The van der Waals surface area contributed by atoms with Crippen molar-refractivity contribution >= 4 is 11.5 Å². The monoisotopic (exact) mass is 340 g/mol. The Balaban J connectivity index is 1.88. The minimum absolute atomic E-state index is 0.0513. The minimum atomic E-state index is -0.473. The summed E-state index contributed by atoms with van der Waals surface area (Å²) in [7, 11) is 0. The van der Waals surface area contributed by atoms with Crippen molar-refractivity contribution in [3.63, 3.8) is 0 Å². The van der Waals surface area contributed by atoms with E-state index in [4.69, 9.17) is 0 Å². The number of carbonyl (C=O) groups excluding carboxylic acids is 1. The number of halogens is 1. The summed E-state index contributed by atoms with van der Waals surface area (Å²) >= 11 is 0. The number of ketones is 1. The number of aryl methyl sites for hydroxylation is 1. The average molecular weight is 340 g/mol. The summed E-state index contributed by atoms with van der Waals surface area (Å²) < 4.78 is 15.6. The van der Waals surface area contributed by atoms with Crippen molar-refractivity contribution in [2.75, 3.05) is 0 Å². The van der Waals surface area contributed by atoms with Gasteiger partial charge in [0.1, 0.15) is 17.9 Å². The van der Waals surface area contributed by atoms with Gasteiger partial charge in [-0.25, -0.2) is 9.37 Å². The molecule has 2 heterocycles. The van der Waals surface area contributed by atoms with Gasteiger partial charge in [-0.05, 0) is 18.1 Å². The van der Waals surface area contributed by atoms with Gasteiger partial charge in [-0.15, -0.1) is 0 Å². The summed E-state index contributed by atoms with van der Waals surface area (Å²) in [6.07, 6.45) is 6.52. The van der Waals surface area contributed by atoms with Gasteiger partial charge in [0.15, 0.2) is 5.82 Å². The van der Waals surface area contributed by atoms with Crippen molar-refractivity contribution in [3.05, 3.63) is 77.4 Å². The average Bonchev–Trinajstić information content (AvgIpc) is 3.26. The Hall–Kier alpha value is -3.22. The zero-order valence-corrected chi connectivity index (χ0v) is 13.6. The normalized spacial score (nSPS) is 11.7.